The molecule has 0 fully saturated rings. The second-order valence-electron chi connectivity index (χ2n) is 26.4. The van der Waals surface area contributed by atoms with Crippen LogP contribution in [0.4, 0.5) is 34.1 Å². The molecule has 0 aliphatic carbocycles. The van der Waals surface area contributed by atoms with Gasteiger partial charge in [-0.2, -0.15) is 0 Å². The maximum absolute atomic E-state index is 11.3. The van der Waals surface area contributed by atoms with Crippen molar-refractivity contribution in [3.8, 4) is 55.9 Å². The number of fused-ring (bicyclic) bond motifs is 6. The molecule has 94 heavy (non-hydrogen) atoms. The van der Waals surface area contributed by atoms with Gasteiger partial charge in [-0.15, -0.1) is 0 Å². The Morgan fingerprint density at radius 2 is 0.543 bits per heavy atom. The molecule has 4 heteroatoms. The smallest absolute Gasteiger partial charge is 0.0667 e. The van der Waals surface area contributed by atoms with Crippen LogP contribution in [0.25, 0.3) is 99.5 Å². The van der Waals surface area contributed by atoms with E-state index in [1.54, 1.807) is 15.9 Å². The number of anilines is 6. The molecule has 0 aliphatic heterocycles. The molecule has 2 heterocycles. The topological polar surface area (TPSA) is 16.3 Å². The molecule has 15 aromatic rings. The molecule has 0 amide bonds. The molecule has 458 valence electrons. The Balaban J connectivity index is 1.21. The van der Waals surface area contributed by atoms with Crippen molar-refractivity contribution in [1.29, 1.82) is 0 Å². The Labute approximate surface area is 587 Å². The standard InChI is InChI=1S/C90H78N4/c1-88(2,3)65-52-72(91(68-40-30-42-70(58-68)93-82-48-26-22-44-74(82)75-45-23-27-49-83(75)93)86-78(61-32-14-10-15-33-61)54-66(89(4,5)6)55-79(86)62-34-16-11-17-35-62)60-73(53-65)92(69-41-31-43-71(59-69)94-84-50-28-24-46-76(84)77-47-25-29-51-85(77)94)87-80(63-36-18-12-19-37-63)56-67(90(7,8)9)57-81(87)64-38-20-13-21-39-64/h10-60H,1-9H3/i22D,23D,24D,25D,26D,27D,28D,29D,30D,31D,40D,41D,42D,43D,44D,45D,46D,47D,48D,49D,50D,51D,58D,59D. The van der Waals surface area contributed by atoms with E-state index in [1.807, 2.05) is 220 Å². The number of hydrogen-bond acceptors (Lipinski definition) is 2. The number of nitrogens with zero attached hydrogens (tertiary/aromatic N) is 4. The minimum Gasteiger partial charge on any atom is -0.309 e. The summed E-state index contributed by atoms with van der Waals surface area (Å²) in [6, 6.07) is 32.0. The first-order valence-corrected chi connectivity index (χ1v) is 31.1. The third kappa shape index (κ3) is 10.8. The fraction of sp³-hybridized carbons (Fsp3) is 0.133. The van der Waals surface area contributed by atoms with Crippen molar-refractivity contribution in [3.63, 3.8) is 0 Å². The molecule has 0 bridgehead atoms. The Morgan fingerprint density at radius 3 is 0.819 bits per heavy atom. The van der Waals surface area contributed by atoms with E-state index in [-0.39, 0.29) is 44.3 Å². The summed E-state index contributed by atoms with van der Waals surface area (Å²) in [6.45, 7) is 18.0. The summed E-state index contributed by atoms with van der Waals surface area (Å²) in [7, 11) is 0. The van der Waals surface area contributed by atoms with E-state index >= 15 is 0 Å². The van der Waals surface area contributed by atoms with Crippen molar-refractivity contribution in [1.82, 2.24) is 9.13 Å². The van der Waals surface area contributed by atoms with Gasteiger partial charge in [-0.3, -0.25) is 0 Å². The zero-order valence-electron chi connectivity index (χ0n) is 77.4. The van der Waals surface area contributed by atoms with Crippen molar-refractivity contribution < 1.29 is 32.9 Å². The van der Waals surface area contributed by atoms with Gasteiger partial charge in [-0.05, 0) is 158 Å². The summed E-state index contributed by atoms with van der Waals surface area (Å²) >= 11 is 0. The van der Waals surface area contributed by atoms with E-state index in [0.717, 1.165) is 20.3 Å². The molecule has 2 aromatic heterocycles. The van der Waals surface area contributed by atoms with E-state index in [0.29, 0.717) is 50.1 Å². The lowest BCUT2D eigenvalue weighted by Crippen LogP contribution is -2.20. The van der Waals surface area contributed by atoms with Crippen molar-refractivity contribution in [2.75, 3.05) is 9.80 Å². The van der Waals surface area contributed by atoms with Crippen molar-refractivity contribution in [2.45, 2.75) is 78.6 Å². The molecule has 0 atom stereocenters. The normalized spacial score (nSPS) is 15.7. The molecular weight excluding hydrogens is 1140 g/mol. The van der Waals surface area contributed by atoms with Gasteiger partial charge >= 0.3 is 0 Å². The predicted octanol–water partition coefficient (Wildman–Crippen LogP) is 25.4. The quantitative estimate of drug-likeness (QED) is 0.121. The summed E-state index contributed by atoms with van der Waals surface area (Å²) in [6.07, 6.45) is 0. The fourth-order valence-electron chi connectivity index (χ4n) is 12.4. The van der Waals surface area contributed by atoms with Crippen LogP contribution in [-0.4, -0.2) is 9.13 Å². The monoisotopic (exact) mass is 1240 g/mol. The molecule has 0 N–H and O–H groups in total. The Bertz CT molecular complexity index is 6110. The summed E-state index contributed by atoms with van der Waals surface area (Å²) in [4.78, 5) is 3.21. The van der Waals surface area contributed by atoms with Crippen LogP contribution >= 0.6 is 0 Å². The molecule has 15 rings (SSSR count). The Hall–Kier alpha value is -10.9. The largest absolute Gasteiger partial charge is 0.309 e. The van der Waals surface area contributed by atoms with Gasteiger partial charge in [0.25, 0.3) is 0 Å². The lowest BCUT2D eigenvalue weighted by molar-refractivity contribution is 0.590. The van der Waals surface area contributed by atoms with Gasteiger partial charge in [-0.25, -0.2) is 0 Å². The predicted molar refractivity (Wildman–Crippen MR) is 402 cm³/mol. The van der Waals surface area contributed by atoms with Crippen LogP contribution in [0.3, 0.4) is 0 Å². The van der Waals surface area contributed by atoms with Gasteiger partial charge < -0.3 is 18.9 Å². The maximum atomic E-state index is 11.3. The zero-order chi connectivity index (χ0) is 85.3. The first-order valence-electron chi connectivity index (χ1n) is 43.1. The van der Waals surface area contributed by atoms with Crippen LogP contribution < -0.4 is 9.80 Å². The van der Waals surface area contributed by atoms with E-state index < -0.39 is 206 Å². The van der Waals surface area contributed by atoms with Crippen LogP contribution in [0.15, 0.2) is 309 Å². The SMILES string of the molecule is [2H]c1c([2H])c(N(c2cc(N(c3c(-c4ccccc4)cc(C(C)(C)C)cc3-c3ccccc3)c3c([2H])c([2H])c([2H])c(-n4c5c([2H])c([2H])c([2H])c([2H])c5c5c([2H])c([2H])c([2H])c([2H])c54)c3[2H])cc(C(C)(C)C)c2)c2c(-c3ccccc3)cc(C(C)(C)C)cc2-c2ccccc2)c([2H])c(-n2c3c([2H])c([2H])c([2H])c([2H])c3c3c([2H])c([2H])c([2H])c([2H])c32)c1[2H]. The number of aromatic nitrogens is 2. The number of para-hydroxylation sites is 4. The van der Waals surface area contributed by atoms with E-state index in [4.69, 9.17) is 11.0 Å². The molecule has 4 nitrogen and oxygen atoms in total. The van der Waals surface area contributed by atoms with Crippen molar-refractivity contribution in [3.05, 3.63) is 326 Å². The van der Waals surface area contributed by atoms with Gasteiger partial charge in [-0.1, -0.05) is 268 Å². The van der Waals surface area contributed by atoms with E-state index in [9.17, 15) is 21.9 Å². The van der Waals surface area contributed by atoms with Crippen molar-refractivity contribution >= 4 is 77.7 Å². The number of rotatable bonds is 12. The third-order valence-corrected chi connectivity index (χ3v) is 17.2. The third-order valence-electron chi connectivity index (χ3n) is 17.2. The fourth-order valence-corrected chi connectivity index (χ4v) is 12.4. The van der Waals surface area contributed by atoms with Gasteiger partial charge in [0.1, 0.15) is 0 Å². The molecule has 13 aromatic carbocycles. The van der Waals surface area contributed by atoms with Crippen LogP contribution in [-0.2, 0) is 16.2 Å². The summed E-state index contributed by atoms with van der Waals surface area (Å²) < 4.78 is 236. The van der Waals surface area contributed by atoms with Gasteiger partial charge in [0.05, 0.1) is 66.3 Å². The lowest BCUT2D eigenvalue weighted by atomic mass is 9.81. The van der Waals surface area contributed by atoms with Crippen LogP contribution in [0.5, 0.6) is 0 Å². The van der Waals surface area contributed by atoms with E-state index in [1.165, 1.54) is 0 Å². The van der Waals surface area contributed by atoms with Crippen LogP contribution in [0.1, 0.15) is 112 Å². The Kier molecular flexibility index (Phi) is 9.59. The summed E-state index contributed by atoms with van der Waals surface area (Å²) in [5.41, 5.74) is 0.701. The second kappa shape index (κ2) is 23.6. The molecule has 0 saturated carbocycles. The van der Waals surface area contributed by atoms with Gasteiger partial charge in [0.2, 0.25) is 0 Å². The van der Waals surface area contributed by atoms with Crippen LogP contribution in [0, 0.1) is 0 Å². The highest BCUT2D eigenvalue weighted by Gasteiger charge is 2.32. The maximum Gasteiger partial charge on any atom is 0.0667 e. The zero-order valence-corrected chi connectivity index (χ0v) is 53.4. The van der Waals surface area contributed by atoms with Gasteiger partial charge in [0.15, 0.2) is 0 Å². The first-order chi connectivity index (χ1) is 55.5. The highest BCUT2D eigenvalue weighted by molar-refractivity contribution is 6.11. The average molecular weight is 1240 g/mol. The summed E-state index contributed by atoms with van der Waals surface area (Å²) in [5, 5.41) is -1.51. The second-order valence-corrected chi connectivity index (χ2v) is 26.4. The molecule has 0 unspecified atom stereocenters. The Morgan fingerprint density at radius 1 is 0.277 bits per heavy atom. The number of benzene rings is 13. The lowest BCUT2D eigenvalue weighted by Gasteiger charge is -2.36. The minimum atomic E-state index is -1.01. The van der Waals surface area contributed by atoms with Crippen molar-refractivity contribution in [2.24, 2.45) is 0 Å². The molecule has 0 aliphatic rings. The first kappa shape index (κ1) is 38.2. The molecule has 0 spiro atoms. The van der Waals surface area contributed by atoms with Gasteiger partial charge in [0, 0.05) is 77.9 Å². The molecule has 0 radical (unpaired) electrons. The molecule has 0 saturated heterocycles. The minimum absolute atomic E-state index is 0.0613. The highest BCUT2D eigenvalue weighted by atomic mass is 15.2. The average Bonchev–Trinajstić information content (AvgIpc) is 1.56. The summed E-state index contributed by atoms with van der Waals surface area (Å²) in [5.74, 6) is 0. The molecular formula is C90H78N4. The van der Waals surface area contributed by atoms with E-state index in [2.05, 4.69) is 0 Å². The van der Waals surface area contributed by atoms with Crippen LogP contribution in [0.2, 0.25) is 0 Å². The highest BCUT2D eigenvalue weighted by Crippen LogP contribution is 2.54. The number of hydrogen-bond donors (Lipinski definition) is 0.